The Morgan fingerprint density at radius 3 is 3.00 bits per heavy atom. The number of hydrogen-bond acceptors (Lipinski definition) is 8. The first-order valence-corrected chi connectivity index (χ1v) is 9.16. The predicted molar refractivity (Wildman–Crippen MR) is 102 cm³/mol. The molecule has 0 spiro atoms. The van der Waals surface area contributed by atoms with E-state index >= 15 is 0 Å². The van der Waals surface area contributed by atoms with Crippen molar-refractivity contribution >= 4 is 28.1 Å². The molecular weight excluding hydrogens is 350 g/mol. The zero-order chi connectivity index (χ0) is 17.9. The van der Waals surface area contributed by atoms with Crippen LogP contribution in [-0.2, 0) is 0 Å². The largest absolute Gasteiger partial charge is 0.497 e. The van der Waals surface area contributed by atoms with Gasteiger partial charge in [-0.3, -0.25) is 0 Å². The lowest BCUT2D eigenvalue weighted by Gasteiger charge is -2.12. The van der Waals surface area contributed by atoms with Crippen molar-refractivity contribution in [2.45, 2.75) is 12.5 Å². The SMILES string of the molecule is COc1ccnc(Nc2cccc(-c3cnc(N4CC[C@@H](O)C4)s3)n2)c1. The van der Waals surface area contributed by atoms with Gasteiger partial charge in [-0.25, -0.2) is 15.0 Å². The van der Waals surface area contributed by atoms with Crippen LogP contribution in [-0.4, -0.2) is 46.4 Å². The van der Waals surface area contributed by atoms with Crippen molar-refractivity contribution < 1.29 is 9.84 Å². The average molecular weight is 369 g/mol. The van der Waals surface area contributed by atoms with Gasteiger partial charge in [0, 0.05) is 31.5 Å². The van der Waals surface area contributed by atoms with Crippen molar-refractivity contribution in [3.63, 3.8) is 0 Å². The summed E-state index contributed by atoms with van der Waals surface area (Å²) in [5.74, 6) is 2.11. The van der Waals surface area contributed by atoms with Crippen LogP contribution in [0.15, 0.2) is 42.7 Å². The zero-order valence-electron chi connectivity index (χ0n) is 14.3. The molecule has 0 unspecified atom stereocenters. The molecule has 0 radical (unpaired) electrons. The van der Waals surface area contributed by atoms with E-state index in [1.165, 1.54) is 0 Å². The van der Waals surface area contributed by atoms with E-state index < -0.39 is 0 Å². The minimum atomic E-state index is -0.261. The number of anilines is 3. The highest BCUT2D eigenvalue weighted by Gasteiger charge is 2.23. The molecule has 0 amide bonds. The highest BCUT2D eigenvalue weighted by atomic mass is 32.1. The third-order valence-corrected chi connectivity index (χ3v) is 5.23. The number of aliphatic hydroxyl groups excluding tert-OH is 1. The highest BCUT2D eigenvalue weighted by Crippen LogP contribution is 2.32. The Kier molecular flexibility index (Phi) is 4.68. The van der Waals surface area contributed by atoms with Gasteiger partial charge >= 0.3 is 0 Å². The highest BCUT2D eigenvalue weighted by molar-refractivity contribution is 7.18. The Labute approximate surface area is 155 Å². The van der Waals surface area contributed by atoms with E-state index in [0.29, 0.717) is 18.2 Å². The fourth-order valence-electron chi connectivity index (χ4n) is 2.82. The van der Waals surface area contributed by atoms with Gasteiger partial charge < -0.3 is 20.1 Å². The van der Waals surface area contributed by atoms with Gasteiger partial charge in [0.15, 0.2) is 5.13 Å². The number of nitrogens with one attached hydrogen (secondary N) is 1. The van der Waals surface area contributed by atoms with E-state index in [4.69, 9.17) is 4.74 Å². The van der Waals surface area contributed by atoms with Gasteiger partial charge in [0.2, 0.25) is 0 Å². The van der Waals surface area contributed by atoms with Gasteiger partial charge in [-0.1, -0.05) is 17.4 Å². The van der Waals surface area contributed by atoms with Crippen LogP contribution in [0.3, 0.4) is 0 Å². The summed E-state index contributed by atoms with van der Waals surface area (Å²) in [7, 11) is 1.62. The molecule has 0 aromatic carbocycles. The molecule has 1 aliphatic heterocycles. The maximum Gasteiger partial charge on any atom is 0.185 e. The van der Waals surface area contributed by atoms with Crippen LogP contribution in [0.4, 0.5) is 16.8 Å². The standard InChI is InChI=1S/C18H19N5O2S/c1-25-13-5-7-19-17(9-13)22-16-4-2-3-14(21-16)15-10-20-18(26-15)23-8-6-12(24)11-23/h2-5,7,9-10,12,24H,6,8,11H2,1H3,(H,19,21,22)/t12-/m1/s1. The number of aliphatic hydroxyl groups is 1. The fourth-order valence-corrected chi connectivity index (χ4v) is 3.75. The van der Waals surface area contributed by atoms with Crippen LogP contribution < -0.4 is 15.0 Å². The number of methoxy groups -OCH3 is 1. The molecule has 4 rings (SSSR count). The van der Waals surface area contributed by atoms with Crippen molar-refractivity contribution in [3.05, 3.63) is 42.7 Å². The van der Waals surface area contributed by atoms with Crippen molar-refractivity contribution in [3.8, 4) is 16.3 Å². The molecule has 1 fully saturated rings. The fraction of sp³-hybridized carbons (Fsp3) is 0.278. The van der Waals surface area contributed by atoms with Crippen LogP contribution in [0.5, 0.6) is 5.75 Å². The van der Waals surface area contributed by atoms with Gasteiger partial charge in [-0.05, 0) is 24.6 Å². The van der Waals surface area contributed by atoms with Crippen molar-refractivity contribution in [1.29, 1.82) is 0 Å². The van der Waals surface area contributed by atoms with E-state index in [2.05, 4.69) is 25.2 Å². The topological polar surface area (TPSA) is 83.4 Å². The normalized spacial score (nSPS) is 16.7. The van der Waals surface area contributed by atoms with Gasteiger partial charge in [0.25, 0.3) is 0 Å². The second-order valence-electron chi connectivity index (χ2n) is 6.01. The predicted octanol–water partition coefficient (Wildman–Crippen LogP) is 2.92. The molecule has 1 atom stereocenters. The number of aromatic nitrogens is 3. The van der Waals surface area contributed by atoms with Crippen LogP contribution in [0.25, 0.3) is 10.6 Å². The number of nitrogens with zero attached hydrogens (tertiary/aromatic N) is 4. The molecule has 1 saturated heterocycles. The Balaban J connectivity index is 1.53. The lowest BCUT2D eigenvalue weighted by molar-refractivity contribution is 0.198. The van der Waals surface area contributed by atoms with E-state index in [9.17, 15) is 5.11 Å². The Hall–Kier alpha value is -2.71. The van der Waals surface area contributed by atoms with Gasteiger partial charge in [0.05, 0.1) is 23.8 Å². The van der Waals surface area contributed by atoms with Crippen LogP contribution in [0, 0.1) is 0 Å². The molecule has 4 heterocycles. The number of ether oxygens (including phenoxy) is 1. The summed E-state index contributed by atoms with van der Waals surface area (Å²) in [4.78, 5) is 16.5. The number of hydrogen-bond donors (Lipinski definition) is 2. The second kappa shape index (κ2) is 7.27. The molecule has 3 aromatic heterocycles. The van der Waals surface area contributed by atoms with Gasteiger partial charge in [-0.2, -0.15) is 0 Å². The summed E-state index contributed by atoms with van der Waals surface area (Å²) >= 11 is 1.58. The lowest BCUT2D eigenvalue weighted by Crippen LogP contribution is -2.20. The minimum absolute atomic E-state index is 0.261. The van der Waals surface area contributed by atoms with Gasteiger partial charge in [0.1, 0.15) is 17.4 Å². The van der Waals surface area contributed by atoms with Crippen LogP contribution >= 0.6 is 11.3 Å². The third-order valence-electron chi connectivity index (χ3n) is 4.15. The first-order chi connectivity index (χ1) is 12.7. The molecule has 134 valence electrons. The summed E-state index contributed by atoms with van der Waals surface area (Å²) in [5.41, 5.74) is 0.849. The number of pyridine rings is 2. The van der Waals surface area contributed by atoms with E-state index in [0.717, 1.165) is 34.4 Å². The molecule has 7 nitrogen and oxygen atoms in total. The molecule has 1 aliphatic rings. The smallest absolute Gasteiger partial charge is 0.185 e. The summed E-state index contributed by atoms with van der Waals surface area (Å²) in [6.07, 6.45) is 4.05. The van der Waals surface area contributed by atoms with E-state index in [1.807, 2.05) is 30.5 Å². The summed E-state index contributed by atoms with van der Waals surface area (Å²) in [6.45, 7) is 1.48. The number of β-amino-alcohol motifs (C(OH)–C–C–N with tert-alkyl or cyclic N) is 1. The molecule has 0 aliphatic carbocycles. The minimum Gasteiger partial charge on any atom is -0.497 e. The van der Waals surface area contributed by atoms with Gasteiger partial charge in [-0.15, -0.1) is 0 Å². The summed E-state index contributed by atoms with van der Waals surface area (Å²) in [5, 5.41) is 13.8. The summed E-state index contributed by atoms with van der Waals surface area (Å²) in [6, 6.07) is 9.41. The second-order valence-corrected chi connectivity index (χ2v) is 7.02. The monoisotopic (exact) mass is 369 g/mol. The van der Waals surface area contributed by atoms with Crippen LogP contribution in [0.2, 0.25) is 0 Å². The first-order valence-electron chi connectivity index (χ1n) is 8.34. The van der Waals surface area contributed by atoms with Crippen molar-refractivity contribution in [1.82, 2.24) is 15.0 Å². The molecule has 2 N–H and O–H groups in total. The van der Waals surface area contributed by atoms with Crippen molar-refractivity contribution in [2.24, 2.45) is 0 Å². The molecule has 8 heteroatoms. The maximum absolute atomic E-state index is 9.70. The molecule has 0 bridgehead atoms. The number of thiazole rings is 1. The first kappa shape index (κ1) is 16.7. The molecule has 26 heavy (non-hydrogen) atoms. The van der Waals surface area contributed by atoms with E-state index in [-0.39, 0.29) is 6.10 Å². The third kappa shape index (κ3) is 3.61. The molecule has 3 aromatic rings. The van der Waals surface area contributed by atoms with Crippen LogP contribution in [0.1, 0.15) is 6.42 Å². The quantitative estimate of drug-likeness (QED) is 0.715. The Morgan fingerprint density at radius 1 is 1.27 bits per heavy atom. The number of rotatable bonds is 5. The molecule has 0 saturated carbocycles. The molecular formula is C18H19N5O2S. The van der Waals surface area contributed by atoms with E-state index in [1.54, 1.807) is 30.7 Å². The zero-order valence-corrected chi connectivity index (χ0v) is 15.1. The Morgan fingerprint density at radius 2 is 2.19 bits per heavy atom. The van der Waals surface area contributed by atoms with Crippen molar-refractivity contribution in [2.75, 3.05) is 30.4 Å². The lowest BCUT2D eigenvalue weighted by atomic mass is 10.3. The maximum atomic E-state index is 9.70. The average Bonchev–Trinajstić information content (AvgIpc) is 3.31. The summed E-state index contributed by atoms with van der Waals surface area (Å²) < 4.78 is 5.22. The Bertz CT molecular complexity index is 901.